The molecule has 18 heavy (non-hydrogen) atoms. The van der Waals surface area contributed by atoms with Gasteiger partial charge in [-0.15, -0.1) is 0 Å². The lowest BCUT2D eigenvalue weighted by atomic mass is 9.84. The summed E-state index contributed by atoms with van der Waals surface area (Å²) in [7, 11) is 0. The number of aliphatic carboxylic acids is 1. The topological polar surface area (TPSA) is 60.9 Å². The third kappa shape index (κ3) is 1.49. The predicted molar refractivity (Wildman–Crippen MR) is 65.1 cm³/mol. The maximum absolute atomic E-state index is 12.1. The number of piperidine rings is 1. The zero-order chi connectivity index (χ0) is 12.8. The number of carboxylic acids is 1. The summed E-state index contributed by atoms with van der Waals surface area (Å²) in [5.41, 5.74) is -0.937. The van der Waals surface area contributed by atoms with Gasteiger partial charge < -0.3 is 10.0 Å². The lowest BCUT2D eigenvalue weighted by Crippen LogP contribution is -2.61. The molecule has 0 aromatic carbocycles. The van der Waals surface area contributed by atoms with E-state index < -0.39 is 11.5 Å². The Kier molecular flexibility index (Phi) is 2.81. The van der Waals surface area contributed by atoms with Gasteiger partial charge in [-0.25, -0.2) is 0 Å². The van der Waals surface area contributed by atoms with E-state index in [0.29, 0.717) is 0 Å². The fourth-order valence-corrected chi connectivity index (χ4v) is 3.97. The van der Waals surface area contributed by atoms with E-state index in [1.54, 1.807) is 0 Å². The second-order valence-corrected chi connectivity index (χ2v) is 5.70. The lowest BCUT2D eigenvalue weighted by Gasteiger charge is -2.42. The third-order valence-corrected chi connectivity index (χ3v) is 4.84. The molecule has 2 unspecified atom stereocenters. The summed E-state index contributed by atoms with van der Waals surface area (Å²) in [6, 6.07) is -0.102. The van der Waals surface area contributed by atoms with Crippen LogP contribution in [-0.4, -0.2) is 58.0 Å². The highest BCUT2D eigenvalue weighted by Crippen LogP contribution is 2.41. The van der Waals surface area contributed by atoms with E-state index in [1.165, 1.54) is 0 Å². The largest absolute Gasteiger partial charge is 0.480 e. The van der Waals surface area contributed by atoms with Crippen molar-refractivity contribution >= 4 is 11.9 Å². The normalized spacial score (nSPS) is 37.0. The van der Waals surface area contributed by atoms with Crippen LogP contribution in [0.1, 0.15) is 38.5 Å². The number of carboxylic acid groups (broad SMARTS) is 1. The van der Waals surface area contributed by atoms with Gasteiger partial charge >= 0.3 is 5.97 Å². The van der Waals surface area contributed by atoms with Crippen LogP contribution in [0.25, 0.3) is 0 Å². The molecule has 0 aromatic heterocycles. The van der Waals surface area contributed by atoms with E-state index in [4.69, 9.17) is 0 Å². The molecular formula is C13H20N2O3. The van der Waals surface area contributed by atoms with Crippen molar-refractivity contribution in [3.05, 3.63) is 0 Å². The van der Waals surface area contributed by atoms with E-state index in [1.807, 2.05) is 4.90 Å². The van der Waals surface area contributed by atoms with E-state index in [2.05, 4.69) is 4.90 Å². The molecule has 3 aliphatic heterocycles. The molecule has 2 atom stereocenters. The number of likely N-dealkylation sites (tertiary alicyclic amines) is 1. The molecule has 3 saturated heterocycles. The number of nitrogens with zero attached hydrogens (tertiary/aromatic N) is 2. The Labute approximate surface area is 107 Å². The van der Waals surface area contributed by atoms with Crippen LogP contribution in [0.2, 0.25) is 0 Å². The maximum Gasteiger partial charge on any atom is 0.326 e. The second-order valence-electron chi connectivity index (χ2n) is 5.70. The number of hydrogen-bond donors (Lipinski definition) is 1. The molecule has 0 aliphatic carbocycles. The Hall–Kier alpha value is -1.10. The molecule has 5 heteroatoms. The van der Waals surface area contributed by atoms with Crippen molar-refractivity contribution in [2.75, 3.05) is 19.6 Å². The molecule has 0 aromatic rings. The predicted octanol–water partition coefficient (Wildman–Crippen LogP) is 0.690. The van der Waals surface area contributed by atoms with Gasteiger partial charge in [-0.3, -0.25) is 14.5 Å². The van der Waals surface area contributed by atoms with Crippen molar-refractivity contribution in [2.45, 2.75) is 50.1 Å². The smallest absolute Gasteiger partial charge is 0.326 e. The molecule has 100 valence electrons. The van der Waals surface area contributed by atoms with Crippen LogP contribution in [0.15, 0.2) is 0 Å². The van der Waals surface area contributed by atoms with E-state index in [9.17, 15) is 14.7 Å². The van der Waals surface area contributed by atoms with Crippen molar-refractivity contribution in [1.29, 1.82) is 0 Å². The molecule has 3 rings (SSSR count). The van der Waals surface area contributed by atoms with Crippen LogP contribution in [0.4, 0.5) is 0 Å². The van der Waals surface area contributed by atoms with E-state index in [0.717, 1.165) is 51.7 Å². The molecular weight excluding hydrogens is 232 g/mol. The molecule has 0 bridgehead atoms. The summed E-state index contributed by atoms with van der Waals surface area (Å²) in [4.78, 5) is 27.9. The first-order valence-electron chi connectivity index (χ1n) is 6.94. The summed E-state index contributed by atoms with van der Waals surface area (Å²) < 4.78 is 0. The average molecular weight is 252 g/mol. The standard InChI is InChI=1S/C13H20N2O3/c16-11-9-13(12(17)18,14-6-3-4-7-14)10-5-1-2-8-15(10)11/h10H,1-9H2,(H,17,18). The quantitative estimate of drug-likeness (QED) is 0.785. The summed E-state index contributed by atoms with van der Waals surface area (Å²) in [6.45, 7) is 2.39. The van der Waals surface area contributed by atoms with Gasteiger partial charge in [0.1, 0.15) is 5.54 Å². The van der Waals surface area contributed by atoms with Crippen LogP contribution < -0.4 is 0 Å². The number of carbonyl (C=O) groups is 2. The Morgan fingerprint density at radius 2 is 1.83 bits per heavy atom. The fraction of sp³-hybridized carbons (Fsp3) is 0.846. The van der Waals surface area contributed by atoms with Gasteiger partial charge in [0.05, 0.1) is 12.5 Å². The number of fused-ring (bicyclic) bond motifs is 1. The van der Waals surface area contributed by atoms with Gasteiger partial charge in [0.2, 0.25) is 5.91 Å². The molecule has 0 saturated carbocycles. The van der Waals surface area contributed by atoms with Crippen molar-refractivity contribution in [1.82, 2.24) is 9.80 Å². The number of carbonyl (C=O) groups excluding carboxylic acids is 1. The summed E-state index contributed by atoms with van der Waals surface area (Å²) in [5.74, 6) is -0.763. The van der Waals surface area contributed by atoms with Crippen LogP contribution in [0.5, 0.6) is 0 Å². The Morgan fingerprint density at radius 1 is 1.17 bits per heavy atom. The number of amides is 1. The molecule has 1 amide bonds. The van der Waals surface area contributed by atoms with E-state index in [-0.39, 0.29) is 18.4 Å². The van der Waals surface area contributed by atoms with Crippen LogP contribution in [-0.2, 0) is 9.59 Å². The van der Waals surface area contributed by atoms with Crippen molar-refractivity contribution in [3.8, 4) is 0 Å². The first-order chi connectivity index (χ1) is 8.66. The summed E-state index contributed by atoms with van der Waals surface area (Å²) in [6.07, 6.45) is 5.17. The summed E-state index contributed by atoms with van der Waals surface area (Å²) in [5, 5.41) is 9.76. The highest BCUT2D eigenvalue weighted by atomic mass is 16.4. The van der Waals surface area contributed by atoms with Crippen LogP contribution in [0.3, 0.4) is 0 Å². The summed E-state index contributed by atoms with van der Waals surface area (Å²) >= 11 is 0. The van der Waals surface area contributed by atoms with Gasteiger partial charge in [-0.1, -0.05) is 0 Å². The van der Waals surface area contributed by atoms with Crippen molar-refractivity contribution in [2.24, 2.45) is 0 Å². The SMILES string of the molecule is O=C1CC(C(=O)O)(N2CCCC2)C2CCCCN12. The van der Waals surface area contributed by atoms with Gasteiger partial charge in [-0.05, 0) is 45.2 Å². The minimum absolute atomic E-state index is 0.0361. The highest BCUT2D eigenvalue weighted by Gasteiger charge is 2.60. The molecule has 3 aliphatic rings. The van der Waals surface area contributed by atoms with E-state index >= 15 is 0 Å². The molecule has 3 fully saturated rings. The molecule has 5 nitrogen and oxygen atoms in total. The Bertz CT molecular complexity index is 378. The molecule has 3 heterocycles. The zero-order valence-corrected chi connectivity index (χ0v) is 10.6. The fourth-order valence-electron chi connectivity index (χ4n) is 3.97. The third-order valence-electron chi connectivity index (χ3n) is 4.84. The Morgan fingerprint density at radius 3 is 2.50 bits per heavy atom. The average Bonchev–Trinajstić information content (AvgIpc) is 2.97. The molecule has 0 radical (unpaired) electrons. The first kappa shape index (κ1) is 12.0. The van der Waals surface area contributed by atoms with Gasteiger partial charge in [-0.2, -0.15) is 0 Å². The van der Waals surface area contributed by atoms with Gasteiger partial charge in [0.15, 0.2) is 0 Å². The van der Waals surface area contributed by atoms with Crippen LogP contribution >= 0.6 is 0 Å². The van der Waals surface area contributed by atoms with Crippen molar-refractivity contribution in [3.63, 3.8) is 0 Å². The minimum Gasteiger partial charge on any atom is -0.480 e. The molecule has 1 N–H and O–H groups in total. The monoisotopic (exact) mass is 252 g/mol. The highest BCUT2D eigenvalue weighted by molar-refractivity contribution is 5.93. The molecule has 0 spiro atoms. The van der Waals surface area contributed by atoms with Crippen LogP contribution in [0, 0.1) is 0 Å². The minimum atomic E-state index is -0.937. The lowest BCUT2D eigenvalue weighted by molar-refractivity contribution is -0.153. The number of rotatable bonds is 2. The van der Waals surface area contributed by atoms with Gasteiger partial charge in [0, 0.05) is 6.54 Å². The van der Waals surface area contributed by atoms with Crippen molar-refractivity contribution < 1.29 is 14.7 Å². The first-order valence-corrected chi connectivity index (χ1v) is 6.94. The van der Waals surface area contributed by atoms with Gasteiger partial charge in [0.25, 0.3) is 0 Å². The number of hydrogen-bond acceptors (Lipinski definition) is 3. The second kappa shape index (κ2) is 4.23. The zero-order valence-electron chi connectivity index (χ0n) is 10.6. The maximum atomic E-state index is 12.1. The Balaban J connectivity index is 1.98.